The SMILES string of the molecule is CN(C)[C@@H](C(=O)Nc1ccc2cnccc2c1)c1ccc(COC(=O)CCC(=O)OCC(=O)[C@@]23OC(C)(C)O[C@@H]2C[C@H]2[C@@H]4C[C@H](F)C5=CC(=O)C=C[C@]5(C)[C@@]4(F)[C@@H](O)C[C@@]23C)cc1. The predicted octanol–water partition coefficient (Wildman–Crippen LogP) is 6.23. The van der Waals surface area contributed by atoms with E-state index in [9.17, 15) is 29.1 Å². The van der Waals surface area contributed by atoms with Crippen molar-refractivity contribution >= 4 is 45.9 Å². The number of aromatic nitrogens is 1. The summed E-state index contributed by atoms with van der Waals surface area (Å²) in [4.78, 5) is 71.6. The number of amides is 1. The molecule has 334 valence electrons. The van der Waals surface area contributed by atoms with Crippen molar-refractivity contribution in [3.63, 3.8) is 0 Å². The highest BCUT2D eigenvalue weighted by Gasteiger charge is 2.80. The van der Waals surface area contributed by atoms with Crippen molar-refractivity contribution in [2.24, 2.45) is 22.7 Å². The van der Waals surface area contributed by atoms with Gasteiger partial charge in [-0.1, -0.05) is 43.3 Å². The number of allylic oxidation sites excluding steroid dienone is 4. The predicted molar refractivity (Wildman–Crippen MR) is 225 cm³/mol. The zero-order chi connectivity index (χ0) is 45.3. The number of nitrogens with zero attached hydrogens (tertiary/aromatic N) is 2. The zero-order valence-electron chi connectivity index (χ0n) is 36.2. The molecule has 2 aromatic carbocycles. The first-order valence-corrected chi connectivity index (χ1v) is 21.3. The number of carbonyl (C=O) groups is 5. The van der Waals surface area contributed by atoms with E-state index in [4.69, 9.17) is 18.9 Å². The number of alkyl halides is 2. The number of rotatable bonds is 12. The molecule has 4 fully saturated rings. The van der Waals surface area contributed by atoms with E-state index >= 15 is 8.78 Å². The molecule has 1 aliphatic heterocycles. The number of aliphatic hydroxyl groups is 1. The van der Waals surface area contributed by atoms with Gasteiger partial charge in [-0.2, -0.15) is 0 Å². The molecule has 2 heterocycles. The maximum Gasteiger partial charge on any atom is 0.306 e. The number of pyridine rings is 1. The number of Topliss-reactive ketones (excluding diaryl/α,β-unsaturated/α-hetero) is 1. The van der Waals surface area contributed by atoms with E-state index in [0.717, 1.165) is 22.4 Å². The molecule has 63 heavy (non-hydrogen) atoms. The molecule has 1 amide bonds. The minimum absolute atomic E-state index is 0.00732. The summed E-state index contributed by atoms with van der Waals surface area (Å²) >= 11 is 0. The second-order valence-corrected chi connectivity index (χ2v) is 18.7. The molecule has 3 aromatic rings. The first kappa shape index (κ1) is 44.4. The first-order valence-electron chi connectivity index (χ1n) is 21.3. The third-order valence-corrected chi connectivity index (χ3v) is 14.3. The fourth-order valence-electron chi connectivity index (χ4n) is 11.4. The van der Waals surface area contributed by atoms with Gasteiger partial charge in [-0.25, -0.2) is 8.78 Å². The Kier molecular flexibility index (Phi) is 11.3. The molecule has 3 saturated carbocycles. The van der Waals surface area contributed by atoms with Crippen LogP contribution >= 0.6 is 0 Å². The Morgan fingerprint density at radius 3 is 2.40 bits per heavy atom. The fourth-order valence-corrected chi connectivity index (χ4v) is 11.4. The largest absolute Gasteiger partial charge is 0.461 e. The smallest absolute Gasteiger partial charge is 0.306 e. The van der Waals surface area contributed by atoms with Crippen molar-refractivity contribution in [2.45, 2.75) is 108 Å². The second-order valence-electron chi connectivity index (χ2n) is 18.7. The van der Waals surface area contributed by atoms with Gasteiger partial charge < -0.3 is 29.4 Å². The van der Waals surface area contributed by atoms with Crippen LogP contribution in [0.25, 0.3) is 10.8 Å². The van der Waals surface area contributed by atoms with Gasteiger partial charge >= 0.3 is 11.9 Å². The summed E-state index contributed by atoms with van der Waals surface area (Å²) in [5, 5.41) is 16.7. The van der Waals surface area contributed by atoms with Gasteiger partial charge in [-0.3, -0.25) is 33.9 Å². The molecule has 0 spiro atoms. The molecule has 0 bridgehead atoms. The maximum atomic E-state index is 17.7. The number of hydrogen-bond donors (Lipinski definition) is 2. The van der Waals surface area contributed by atoms with Crippen LogP contribution in [-0.4, -0.2) is 101 Å². The van der Waals surface area contributed by atoms with E-state index in [1.54, 1.807) is 76.4 Å². The van der Waals surface area contributed by atoms with Crippen molar-refractivity contribution in [3.8, 4) is 0 Å². The molecular formula is C48H53F2N3O10. The van der Waals surface area contributed by atoms with Crippen LogP contribution in [0.3, 0.4) is 0 Å². The lowest BCUT2D eigenvalue weighted by Gasteiger charge is -2.63. The number of halogens is 2. The Bertz CT molecular complexity index is 2420. The van der Waals surface area contributed by atoms with Gasteiger partial charge in [-0.05, 0) is 112 Å². The number of anilines is 1. The molecular weight excluding hydrogens is 817 g/mol. The van der Waals surface area contributed by atoms with Gasteiger partial charge in [0.25, 0.3) is 0 Å². The van der Waals surface area contributed by atoms with Gasteiger partial charge in [-0.15, -0.1) is 0 Å². The van der Waals surface area contributed by atoms with Crippen LogP contribution in [0, 0.1) is 22.7 Å². The van der Waals surface area contributed by atoms with E-state index < -0.39 is 94.3 Å². The van der Waals surface area contributed by atoms with Crippen molar-refractivity contribution in [2.75, 3.05) is 26.0 Å². The number of fused-ring (bicyclic) bond motifs is 8. The van der Waals surface area contributed by atoms with Gasteiger partial charge in [0.1, 0.15) is 18.8 Å². The standard InChI is InChI=1S/C48H53F2N3O10/c1-44(2)62-39-22-33-34-21-36(49)35-20-32(54)15-17-45(35,3)47(34,50)37(55)23-46(33,4)48(39,63-44)38(56)26-61-41(58)14-13-40(57)60-25-27-7-9-28(10-8-27)42(53(5)6)43(59)52-31-12-11-30-24-51-18-16-29(30)19-31/h7-12,15-20,24,33-34,36-37,39,42,55H,13-14,21-23,25-26H2,1-6H3,(H,52,59)/t33-,34-,36-,37-,39+,42+,45-,46-,47-,48+/m0/s1. The van der Waals surface area contributed by atoms with Crippen LogP contribution in [0.1, 0.15) is 77.0 Å². The topological polar surface area (TPSA) is 171 Å². The molecule has 1 aromatic heterocycles. The lowest BCUT2D eigenvalue weighted by atomic mass is 9.44. The number of nitrogens with one attached hydrogen (secondary N) is 1. The molecule has 0 unspecified atom stereocenters. The molecule has 5 aliphatic rings. The number of carbonyl (C=O) groups excluding carboxylic acids is 5. The van der Waals surface area contributed by atoms with E-state index in [-0.39, 0.29) is 50.2 Å². The first-order chi connectivity index (χ1) is 29.7. The summed E-state index contributed by atoms with van der Waals surface area (Å²) in [5.41, 5.74) is -4.98. The minimum Gasteiger partial charge on any atom is -0.461 e. The third-order valence-electron chi connectivity index (χ3n) is 14.3. The lowest BCUT2D eigenvalue weighted by molar-refractivity contribution is -0.249. The summed E-state index contributed by atoms with van der Waals surface area (Å²) in [6.45, 7) is 5.66. The lowest BCUT2D eigenvalue weighted by Crippen LogP contribution is -2.71. The number of esters is 2. The maximum absolute atomic E-state index is 17.7. The number of aliphatic hydroxyl groups excluding tert-OH is 1. The highest BCUT2D eigenvalue weighted by atomic mass is 19.1. The quantitative estimate of drug-likeness (QED) is 0.197. The summed E-state index contributed by atoms with van der Waals surface area (Å²) in [6.07, 6.45) is 1.73. The fraction of sp³-hybridized carbons (Fsp3) is 0.500. The van der Waals surface area contributed by atoms with Gasteiger partial charge in [0.2, 0.25) is 11.7 Å². The van der Waals surface area contributed by atoms with Crippen LogP contribution in [-0.2, 0) is 49.5 Å². The molecule has 15 heteroatoms. The van der Waals surface area contributed by atoms with Crippen LogP contribution in [0.4, 0.5) is 14.5 Å². The van der Waals surface area contributed by atoms with Crippen molar-refractivity contribution in [3.05, 3.63) is 95.9 Å². The Morgan fingerprint density at radius 1 is 0.968 bits per heavy atom. The number of hydrogen-bond acceptors (Lipinski definition) is 12. The molecule has 4 aliphatic carbocycles. The average Bonchev–Trinajstić information content (AvgIpc) is 3.65. The minimum atomic E-state index is -2.36. The highest BCUT2D eigenvalue weighted by molar-refractivity contribution is 6.01. The zero-order valence-corrected chi connectivity index (χ0v) is 36.2. The molecule has 2 N–H and O–H groups in total. The normalized spacial score (nSPS) is 33.1. The second kappa shape index (κ2) is 16.1. The number of ether oxygens (including phenoxy) is 4. The van der Waals surface area contributed by atoms with E-state index in [1.165, 1.54) is 19.1 Å². The van der Waals surface area contributed by atoms with Crippen LogP contribution in [0.15, 0.2) is 84.7 Å². The Hall–Kier alpha value is -5.22. The van der Waals surface area contributed by atoms with E-state index in [1.807, 2.05) is 24.3 Å². The molecule has 13 nitrogen and oxygen atoms in total. The molecule has 10 atom stereocenters. The van der Waals surface area contributed by atoms with Gasteiger partial charge in [0.05, 0.1) is 25.0 Å². The van der Waals surface area contributed by atoms with E-state index in [2.05, 4.69) is 10.3 Å². The number of ketones is 2. The Morgan fingerprint density at radius 2 is 1.68 bits per heavy atom. The third kappa shape index (κ3) is 7.40. The van der Waals surface area contributed by atoms with Crippen molar-refractivity contribution < 1.29 is 56.8 Å². The average molecular weight is 870 g/mol. The summed E-state index contributed by atoms with van der Waals surface area (Å²) in [5.74, 6) is -5.86. The van der Waals surface area contributed by atoms with Crippen molar-refractivity contribution in [1.29, 1.82) is 0 Å². The van der Waals surface area contributed by atoms with E-state index in [0.29, 0.717) is 11.3 Å². The molecule has 1 saturated heterocycles. The van der Waals surface area contributed by atoms with Gasteiger partial charge in [0, 0.05) is 40.2 Å². The summed E-state index contributed by atoms with van der Waals surface area (Å²) in [7, 11) is 3.60. The monoisotopic (exact) mass is 869 g/mol. The summed E-state index contributed by atoms with van der Waals surface area (Å²) in [6, 6.07) is 13.9. The van der Waals surface area contributed by atoms with Crippen LogP contribution in [0.2, 0.25) is 0 Å². The number of likely N-dealkylation sites (N-methyl/N-ethyl adjacent to an activating group) is 1. The van der Waals surface area contributed by atoms with Gasteiger partial charge in [0.15, 0.2) is 29.4 Å². The highest BCUT2D eigenvalue weighted by Crippen LogP contribution is 2.72. The number of benzene rings is 2. The Balaban J connectivity index is 0.865. The van der Waals surface area contributed by atoms with Crippen LogP contribution < -0.4 is 5.32 Å². The molecule has 8 rings (SSSR count). The van der Waals surface area contributed by atoms with Crippen LogP contribution in [0.5, 0.6) is 0 Å². The summed E-state index contributed by atoms with van der Waals surface area (Å²) < 4.78 is 57.2. The molecule has 0 radical (unpaired) electrons. The van der Waals surface area contributed by atoms with Crippen molar-refractivity contribution in [1.82, 2.24) is 9.88 Å². The Labute approximate surface area is 364 Å².